The molecule has 1 aliphatic rings. The summed E-state index contributed by atoms with van der Waals surface area (Å²) in [6.45, 7) is 7.01. The second-order valence-corrected chi connectivity index (χ2v) is 10.4. The number of hydrogen-bond acceptors (Lipinski definition) is 1. The van der Waals surface area contributed by atoms with Crippen molar-refractivity contribution in [2.45, 2.75) is 89.4 Å². The number of hydrogen-bond donors (Lipinski definition) is 1. The Morgan fingerprint density at radius 1 is 1.06 bits per heavy atom. The Morgan fingerprint density at radius 2 is 1.84 bits per heavy atom. The highest BCUT2D eigenvalue weighted by Crippen LogP contribution is 2.48. The van der Waals surface area contributed by atoms with Gasteiger partial charge in [0.05, 0.1) is 0 Å². The van der Waals surface area contributed by atoms with Gasteiger partial charge < -0.3 is 5.11 Å². The van der Waals surface area contributed by atoms with E-state index < -0.39 is 0 Å². The summed E-state index contributed by atoms with van der Waals surface area (Å²) in [4.78, 5) is 0. The number of rotatable bonds is 11. The molecule has 2 heteroatoms. The molecular formula is C29H41ClO. The van der Waals surface area contributed by atoms with Crippen LogP contribution in [0.15, 0.2) is 48.5 Å². The molecule has 0 aliphatic heterocycles. The quantitative estimate of drug-likeness (QED) is 0.277. The van der Waals surface area contributed by atoms with Gasteiger partial charge >= 0.3 is 0 Å². The lowest BCUT2D eigenvalue weighted by Crippen LogP contribution is -2.16. The van der Waals surface area contributed by atoms with E-state index in [1.807, 2.05) is 0 Å². The molecule has 3 rings (SSSR count). The van der Waals surface area contributed by atoms with Crippen LogP contribution in [0.25, 0.3) is 0 Å². The van der Waals surface area contributed by atoms with Crippen LogP contribution in [0.5, 0.6) is 0 Å². The summed E-state index contributed by atoms with van der Waals surface area (Å²) in [5, 5.41) is 10.1. The third-order valence-electron chi connectivity index (χ3n) is 7.39. The Labute approximate surface area is 195 Å². The second-order valence-electron chi connectivity index (χ2n) is 9.84. The van der Waals surface area contributed by atoms with Crippen molar-refractivity contribution < 1.29 is 5.11 Å². The molecule has 0 saturated heterocycles. The van der Waals surface area contributed by atoms with Gasteiger partial charge in [-0.15, -0.1) is 11.6 Å². The number of unbranched alkanes of at least 4 members (excludes halogenated alkanes) is 2. The molecule has 1 N–H and O–H groups in total. The van der Waals surface area contributed by atoms with Gasteiger partial charge in [-0.05, 0) is 73.5 Å². The molecule has 3 unspecified atom stereocenters. The van der Waals surface area contributed by atoms with Crippen LogP contribution in [0.3, 0.4) is 0 Å². The first kappa shape index (κ1) is 24.3. The number of benzene rings is 2. The van der Waals surface area contributed by atoms with Crippen LogP contribution < -0.4 is 0 Å². The van der Waals surface area contributed by atoms with Crippen LogP contribution in [-0.2, 0) is 6.42 Å². The van der Waals surface area contributed by atoms with Gasteiger partial charge in [-0.3, -0.25) is 0 Å². The Kier molecular flexibility index (Phi) is 9.48. The van der Waals surface area contributed by atoms with Crippen LogP contribution in [0.1, 0.15) is 92.9 Å². The van der Waals surface area contributed by atoms with Crippen molar-refractivity contribution in [1.29, 1.82) is 0 Å². The van der Waals surface area contributed by atoms with E-state index in [1.54, 1.807) is 0 Å². The van der Waals surface area contributed by atoms with E-state index in [4.69, 9.17) is 11.6 Å². The molecule has 1 fully saturated rings. The van der Waals surface area contributed by atoms with Gasteiger partial charge in [0, 0.05) is 17.9 Å². The maximum Gasteiger partial charge on any atom is 0.0499 e. The molecular weight excluding hydrogens is 400 g/mol. The summed E-state index contributed by atoms with van der Waals surface area (Å²) >= 11 is 6.87. The van der Waals surface area contributed by atoms with Gasteiger partial charge in [0.25, 0.3) is 0 Å². The average Bonchev–Trinajstić information content (AvgIpc) is 3.04. The maximum absolute atomic E-state index is 9.87. The number of aliphatic hydroxyl groups is 1. The van der Waals surface area contributed by atoms with Crippen molar-refractivity contribution in [2.75, 3.05) is 6.61 Å². The molecule has 1 saturated carbocycles. The van der Waals surface area contributed by atoms with Gasteiger partial charge in [-0.1, -0.05) is 87.2 Å². The minimum Gasteiger partial charge on any atom is -0.396 e. The summed E-state index contributed by atoms with van der Waals surface area (Å²) in [6.07, 6.45) is 9.38. The fraction of sp³-hybridized carbons (Fsp3) is 0.586. The van der Waals surface area contributed by atoms with Crippen molar-refractivity contribution >= 4 is 11.6 Å². The van der Waals surface area contributed by atoms with E-state index in [0.29, 0.717) is 17.8 Å². The van der Waals surface area contributed by atoms with Crippen LogP contribution in [0.2, 0.25) is 0 Å². The first-order chi connectivity index (χ1) is 15.0. The number of halogens is 1. The second kappa shape index (κ2) is 12.1. The molecule has 0 radical (unpaired) electrons. The average molecular weight is 441 g/mol. The summed E-state index contributed by atoms with van der Waals surface area (Å²) in [5.74, 6) is 1.98. The molecule has 170 valence electrons. The fourth-order valence-electron chi connectivity index (χ4n) is 5.66. The highest BCUT2D eigenvalue weighted by Gasteiger charge is 2.40. The number of aliphatic hydroxyl groups excluding tert-OH is 1. The Bertz CT molecular complexity index is 784. The van der Waals surface area contributed by atoms with E-state index in [0.717, 1.165) is 19.3 Å². The topological polar surface area (TPSA) is 20.2 Å². The largest absolute Gasteiger partial charge is 0.396 e. The molecule has 5 atom stereocenters. The zero-order valence-electron chi connectivity index (χ0n) is 19.7. The molecule has 0 bridgehead atoms. The number of alkyl halides is 1. The summed E-state index contributed by atoms with van der Waals surface area (Å²) in [5.41, 5.74) is 5.50. The first-order valence-electron chi connectivity index (χ1n) is 12.4. The first-order valence-corrected chi connectivity index (χ1v) is 12.9. The minimum absolute atomic E-state index is 0.244. The van der Waals surface area contributed by atoms with E-state index in [1.165, 1.54) is 54.4 Å². The lowest BCUT2D eigenvalue weighted by atomic mass is 9.80. The lowest BCUT2D eigenvalue weighted by Gasteiger charge is -2.25. The zero-order chi connectivity index (χ0) is 22.2. The van der Waals surface area contributed by atoms with Crippen molar-refractivity contribution in [1.82, 2.24) is 0 Å². The normalized spacial score (nSPS) is 24.4. The molecule has 0 heterocycles. The predicted molar refractivity (Wildman–Crippen MR) is 134 cm³/mol. The van der Waals surface area contributed by atoms with Crippen molar-refractivity contribution in [2.24, 2.45) is 11.8 Å². The highest BCUT2D eigenvalue weighted by molar-refractivity contribution is 6.21. The van der Waals surface area contributed by atoms with E-state index >= 15 is 0 Å². The maximum atomic E-state index is 9.87. The third-order valence-corrected chi connectivity index (χ3v) is 7.89. The van der Waals surface area contributed by atoms with E-state index in [-0.39, 0.29) is 17.9 Å². The highest BCUT2D eigenvalue weighted by atomic mass is 35.5. The molecule has 2 aromatic carbocycles. The summed E-state index contributed by atoms with van der Waals surface area (Å²) < 4.78 is 0. The molecule has 1 nitrogen and oxygen atoms in total. The SMILES string of the molecule is CCCCCC(CO)c1ccc(C2[C@@H](CCCc3cccc(C)c3)C(Cl)C[C@H]2C)cc1. The predicted octanol–water partition coefficient (Wildman–Crippen LogP) is 8.02. The van der Waals surface area contributed by atoms with Crippen LogP contribution in [0.4, 0.5) is 0 Å². The van der Waals surface area contributed by atoms with Crippen LogP contribution in [0, 0.1) is 18.8 Å². The van der Waals surface area contributed by atoms with Crippen molar-refractivity contribution in [3.8, 4) is 0 Å². The Morgan fingerprint density at radius 3 is 2.52 bits per heavy atom. The number of aryl methyl sites for hydroxylation is 2. The van der Waals surface area contributed by atoms with Crippen LogP contribution in [-0.4, -0.2) is 17.1 Å². The smallest absolute Gasteiger partial charge is 0.0499 e. The Balaban J connectivity index is 1.64. The van der Waals surface area contributed by atoms with Gasteiger partial charge in [0.1, 0.15) is 0 Å². The van der Waals surface area contributed by atoms with Crippen molar-refractivity contribution in [3.05, 3.63) is 70.8 Å². The van der Waals surface area contributed by atoms with Gasteiger partial charge in [0.2, 0.25) is 0 Å². The standard InChI is InChI=1S/C29H41ClO/c1-4-5-6-12-26(20-31)24-14-16-25(17-15-24)29-22(3)19-28(30)27(29)13-8-11-23-10-7-9-21(2)18-23/h7,9-10,14-18,22,26-29,31H,4-6,8,11-13,19-20H2,1-3H3/t22-,26?,27+,28?,29?/m1/s1. The van der Waals surface area contributed by atoms with Crippen LogP contribution >= 0.6 is 11.6 Å². The molecule has 31 heavy (non-hydrogen) atoms. The molecule has 2 aromatic rings. The van der Waals surface area contributed by atoms with E-state index in [9.17, 15) is 5.11 Å². The summed E-state index contributed by atoms with van der Waals surface area (Å²) in [7, 11) is 0. The summed E-state index contributed by atoms with van der Waals surface area (Å²) in [6, 6.07) is 18.1. The van der Waals surface area contributed by atoms with Gasteiger partial charge in [0.15, 0.2) is 0 Å². The molecule has 0 spiro atoms. The monoisotopic (exact) mass is 440 g/mol. The Hall–Kier alpha value is -1.31. The van der Waals surface area contributed by atoms with Gasteiger partial charge in [-0.25, -0.2) is 0 Å². The molecule has 0 aromatic heterocycles. The third kappa shape index (κ3) is 6.59. The lowest BCUT2D eigenvalue weighted by molar-refractivity contribution is 0.256. The molecule has 0 amide bonds. The molecule has 1 aliphatic carbocycles. The van der Waals surface area contributed by atoms with E-state index in [2.05, 4.69) is 69.3 Å². The fourth-order valence-corrected chi connectivity index (χ4v) is 6.23. The minimum atomic E-state index is 0.244. The zero-order valence-corrected chi connectivity index (χ0v) is 20.5. The van der Waals surface area contributed by atoms with Gasteiger partial charge in [-0.2, -0.15) is 0 Å². The van der Waals surface area contributed by atoms with Crippen molar-refractivity contribution in [3.63, 3.8) is 0 Å².